The van der Waals surface area contributed by atoms with Gasteiger partial charge >= 0.3 is 0 Å². The molecule has 1 N–H and O–H groups in total. The molecule has 1 atom stereocenters. The summed E-state index contributed by atoms with van der Waals surface area (Å²) in [6.07, 6.45) is 3.13. The van der Waals surface area contributed by atoms with Gasteiger partial charge in [-0.25, -0.2) is 4.98 Å². The zero-order chi connectivity index (χ0) is 22.5. The molecule has 0 spiro atoms. The van der Waals surface area contributed by atoms with Crippen LogP contribution in [-0.4, -0.2) is 26.8 Å². The van der Waals surface area contributed by atoms with E-state index < -0.39 is 0 Å². The second-order valence-corrected chi connectivity index (χ2v) is 8.97. The molecule has 1 heterocycles. The van der Waals surface area contributed by atoms with E-state index in [-0.39, 0.29) is 17.7 Å². The molecule has 4 aromatic rings. The van der Waals surface area contributed by atoms with Crippen molar-refractivity contribution in [2.45, 2.75) is 30.5 Å². The maximum Gasteiger partial charge on any atom is 0.230 e. The fourth-order valence-electron chi connectivity index (χ4n) is 4.23. The van der Waals surface area contributed by atoms with E-state index in [9.17, 15) is 4.79 Å². The fraction of sp³-hybridized carbons (Fsp3) is 0.185. The third-order valence-corrected chi connectivity index (χ3v) is 6.64. The van der Waals surface area contributed by atoms with Crippen LogP contribution in [0.5, 0.6) is 0 Å². The number of amides is 1. The molecule has 3 aromatic carbocycles. The van der Waals surface area contributed by atoms with Gasteiger partial charge in [0.25, 0.3) is 0 Å². The Morgan fingerprint density at radius 3 is 2.27 bits per heavy atom. The highest BCUT2D eigenvalue weighted by Crippen LogP contribution is 2.31. The van der Waals surface area contributed by atoms with Gasteiger partial charge in [-0.2, -0.15) is 0 Å². The Hall–Kier alpha value is -3.51. The van der Waals surface area contributed by atoms with Crippen LogP contribution in [-0.2, 0) is 11.2 Å². The first-order chi connectivity index (χ1) is 16.3. The largest absolute Gasteiger partial charge is 0.349 e. The SMILES string of the molecule is O=C(CSc1nnc(-c2ccccc2)c(-c2ccccc2)n1)N[C@H]1CCCc2ccccc21. The normalized spacial score (nSPS) is 15.0. The Morgan fingerprint density at radius 2 is 1.52 bits per heavy atom. The molecule has 1 aromatic heterocycles. The molecule has 0 saturated heterocycles. The molecule has 0 bridgehead atoms. The summed E-state index contributed by atoms with van der Waals surface area (Å²) < 4.78 is 0. The summed E-state index contributed by atoms with van der Waals surface area (Å²) >= 11 is 1.31. The molecule has 33 heavy (non-hydrogen) atoms. The van der Waals surface area contributed by atoms with Crippen LogP contribution in [0.1, 0.15) is 30.0 Å². The van der Waals surface area contributed by atoms with Gasteiger partial charge < -0.3 is 5.32 Å². The molecule has 1 aliphatic carbocycles. The van der Waals surface area contributed by atoms with Crippen molar-refractivity contribution >= 4 is 17.7 Å². The van der Waals surface area contributed by atoms with Crippen molar-refractivity contribution in [2.24, 2.45) is 0 Å². The number of nitrogens with zero attached hydrogens (tertiary/aromatic N) is 3. The molecule has 0 unspecified atom stereocenters. The number of carbonyl (C=O) groups excluding carboxylic acids is 1. The summed E-state index contributed by atoms with van der Waals surface area (Å²) in [5, 5.41) is 12.5. The van der Waals surface area contributed by atoms with Gasteiger partial charge in [-0.3, -0.25) is 4.79 Å². The lowest BCUT2D eigenvalue weighted by Gasteiger charge is -2.26. The smallest absolute Gasteiger partial charge is 0.230 e. The van der Waals surface area contributed by atoms with Crippen molar-refractivity contribution in [2.75, 3.05) is 5.75 Å². The Balaban J connectivity index is 1.33. The average Bonchev–Trinajstić information content (AvgIpc) is 2.89. The summed E-state index contributed by atoms with van der Waals surface area (Å²) in [4.78, 5) is 17.5. The predicted octanol–water partition coefficient (Wildman–Crippen LogP) is 5.49. The van der Waals surface area contributed by atoms with E-state index in [0.29, 0.717) is 5.16 Å². The molecule has 5 nitrogen and oxygen atoms in total. The monoisotopic (exact) mass is 452 g/mol. The molecule has 6 heteroatoms. The highest BCUT2D eigenvalue weighted by atomic mass is 32.2. The average molecular weight is 453 g/mol. The van der Waals surface area contributed by atoms with Gasteiger partial charge in [0.2, 0.25) is 11.1 Å². The second-order valence-electron chi connectivity index (χ2n) is 8.02. The molecular formula is C27H24N4OS. The van der Waals surface area contributed by atoms with Crippen LogP contribution >= 0.6 is 11.8 Å². The number of aromatic nitrogens is 3. The fourth-order valence-corrected chi connectivity index (χ4v) is 4.83. The maximum absolute atomic E-state index is 12.7. The zero-order valence-corrected chi connectivity index (χ0v) is 19.0. The number of fused-ring (bicyclic) bond motifs is 1. The summed E-state index contributed by atoms with van der Waals surface area (Å²) in [5.74, 6) is 0.234. The van der Waals surface area contributed by atoms with Gasteiger partial charge in [-0.15, -0.1) is 10.2 Å². The molecule has 1 amide bonds. The third-order valence-electron chi connectivity index (χ3n) is 5.80. The number of aryl methyl sites for hydroxylation is 1. The van der Waals surface area contributed by atoms with Gasteiger partial charge in [0.05, 0.1) is 11.8 Å². The zero-order valence-electron chi connectivity index (χ0n) is 18.1. The highest BCUT2D eigenvalue weighted by molar-refractivity contribution is 7.99. The van der Waals surface area contributed by atoms with Crippen LogP contribution in [0.4, 0.5) is 0 Å². The summed E-state index contributed by atoms with van der Waals surface area (Å²) in [6, 6.07) is 28.3. The van der Waals surface area contributed by atoms with Crippen molar-refractivity contribution < 1.29 is 4.79 Å². The summed E-state index contributed by atoms with van der Waals surface area (Å²) in [5.41, 5.74) is 5.99. The Kier molecular flexibility index (Phi) is 6.44. The Morgan fingerprint density at radius 1 is 0.848 bits per heavy atom. The van der Waals surface area contributed by atoms with Gasteiger partial charge in [0, 0.05) is 11.1 Å². The van der Waals surface area contributed by atoms with E-state index in [1.165, 1.54) is 22.9 Å². The molecule has 0 fully saturated rings. The van der Waals surface area contributed by atoms with Gasteiger partial charge in [-0.05, 0) is 30.4 Å². The van der Waals surface area contributed by atoms with E-state index in [2.05, 4.69) is 33.7 Å². The first-order valence-corrected chi connectivity index (χ1v) is 12.1. The number of hydrogen-bond acceptors (Lipinski definition) is 5. The van der Waals surface area contributed by atoms with Gasteiger partial charge in [0.1, 0.15) is 11.4 Å². The lowest BCUT2D eigenvalue weighted by atomic mass is 9.88. The van der Waals surface area contributed by atoms with Gasteiger partial charge in [-0.1, -0.05) is 96.7 Å². The quantitative estimate of drug-likeness (QED) is 0.392. The van der Waals surface area contributed by atoms with E-state index in [1.807, 2.05) is 66.7 Å². The Labute approximate surface area is 197 Å². The van der Waals surface area contributed by atoms with Crippen molar-refractivity contribution in [1.82, 2.24) is 20.5 Å². The minimum absolute atomic E-state index is 0.0151. The molecule has 0 aliphatic heterocycles. The predicted molar refractivity (Wildman–Crippen MR) is 132 cm³/mol. The van der Waals surface area contributed by atoms with Crippen molar-refractivity contribution in [1.29, 1.82) is 0 Å². The second kappa shape index (κ2) is 9.96. The van der Waals surface area contributed by atoms with Crippen molar-refractivity contribution in [3.8, 4) is 22.5 Å². The van der Waals surface area contributed by atoms with E-state index in [4.69, 9.17) is 4.98 Å². The first-order valence-electron chi connectivity index (χ1n) is 11.1. The number of thioether (sulfide) groups is 1. The highest BCUT2D eigenvalue weighted by Gasteiger charge is 2.22. The number of carbonyl (C=O) groups is 1. The van der Waals surface area contributed by atoms with Crippen molar-refractivity contribution in [3.63, 3.8) is 0 Å². The van der Waals surface area contributed by atoms with E-state index >= 15 is 0 Å². The summed E-state index contributed by atoms with van der Waals surface area (Å²) in [7, 11) is 0. The standard InChI is InChI=1S/C27H24N4OS/c32-24(28-23-17-9-15-19-10-7-8-16-22(19)23)18-33-27-29-25(20-11-3-1-4-12-20)26(30-31-27)21-13-5-2-6-14-21/h1-8,10-14,16,23H,9,15,17-18H2,(H,28,32)/t23-/m0/s1. The molecule has 0 radical (unpaired) electrons. The molecule has 0 saturated carbocycles. The lowest BCUT2D eigenvalue weighted by molar-refractivity contribution is -0.119. The number of rotatable bonds is 6. The van der Waals surface area contributed by atoms with Gasteiger partial charge in [0.15, 0.2) is 0 Å². The van der Waals surface area contributed by atoms with Crippen molar-refractivity contribution in [3.05, 3.63) is 96.1 Å². The lowest BCUT2D eigenvalue weighted by Crippen LogP contribution is -2.32. The first kappa shape index (κ1) is 21.3. The third kappa shape index (κ3) is 4.96. The number of benzene rings is 3. The number of hydrogen-bond donors (Lipinski definition) is 1. The van der Waals surface area contributed by atoms with Crippen LogP contribution in [0, 0.1) is 0 Å². The minimum atomic E-state index is -0.0151. The van der Waals surface area contributed by atoms with Crippen LogP contribution in [0.3, 0.4) is 0 Å². The molecule has 5 rings (SSSR count). The van der Waals surface area contributed by atoms with Crippen LogP contribution in [0.15, 0.2) is 90.1 Å². The molecule has 164 valence electrons. The van der Waals surface area contributed by atoms with Crippen LogP contribution in [0.25, 0.3) is 22.5 Å². The molecular weight excluding hydrogens is 428 g/mol. The Bertz CT molecular complexity index is 1250. The van der Waals surface area contributed by atoms with Crippen LogP contribution < -0.4 is 5.32 Å². The minimum Gasteiger partial charge on any atom is -0.349 e. The van der Waals surface area contributed by atoms with Crippen LogP contribution in [0.2, 0.25) is 0 Å². The summed E-state index contributed by atoms with van der Waals surface area (Å²) in [6.45, 7) is 0. The van der Waals surface area contributed by atoms with E-state index in [1.54, 1.807) is 0 Å². The maximum atomic E-state index is 12.7. The van der Waals surface area contributed by atoms with E-state index in [0.717, 1.165) is 41.8 Å². The number of nitrogens with one attached hydrogen (secondary N) is 1. The topological polar surface area (TPSA) is 67.8 Å². The molecule has 1 aliphatic rings.